The van der Waals surface area contributed by atoms with Crippen molar-refractivity contribution in [3.05, 3.63) is 71.6 Å². The normalized spacial score (nSPS) is 15.7. The maximum absolute atomic E-state index is 13.5. The highest BCUT2D eigenvalue weighted by Gasteiger charge is 2.26. The molecule has 1 fully saturated rings. The van der Waals surface area contributed by atoms with Gasteiger partial charge in [-0.1, -0.05) is 18.2 Å². The second kappa shape index (κ2) is 7.29. The molecule has 1 heterocycles. The number of carbonyl (C=O) groups is 1. The van der Waals surface area contributed by atoms with Crippen molar-refractivity contribution in [1.29, 1.82) is 0 Å². The van der Waals surface area contributed by atoms with Crippen LogP contribution in [0.2, 0.25) is 0 Å². The zero-order valence-electron chi connectivity index (χ0n) is 13.6. The average molecular weight is 359 g/mol. The Morgan fingerprint density at radius 3 is 2.28 bits per heavy atom. The molecule has 0 spiro atoms. The Hall–Kier alpha value is -2.31. The lowest BCUT2D eigenvalue weighted by molar-refractivity contribution is 0.104. The van der Waals surface area contributed by atoms with Crippen LogP contribution < -0.4 is 0 Å². The molecular formula is C19H18FNO3S. The van der Waals surface area contributed by atoms with Gasteiger partial charge in [0.2, 0.25) is 10.0 Å². The SMILES string of the molecule is O=C(C=Cc1ccccc1F)c1ccc(S(=O)(=O)N2CCCC2)cc1. The summed E-state index contributed by atoms with van der Waals surface area (Å²) < 4.78 is 39.9. The summed E-state index contributed by atoms with van der Waals surface area (Å²) in [6.07, 6.45) is 4.43. The van der Waals surface area contributed by atoms with Gasteiger partial charge in [-0.25, -0.2) is 12.8 Å². The Morgan fingerprint density at radius 2 is 1.64 bits per heavy atom. The monoisotopic (exact) mass is 359 g/mol. The molecule has 1 aliphatic rings. The lowest BCUT2D eigenvalue weighted by atomic mass is 10.1. The van der Waals surface area contributed by atoms with E-state index in [2.05, 4.69) is 0 Å². The number of allylic oxidation sites excluding steroid dienone is 1. The molecule has 0 atom stereocenters. The molecule has 0 N–H and O–H groups in total. The molecular weight excluding hydrogens is 341 g/mol. The molecule has 25 heavy (non-hydrogen) atoms. The third kappa shape index (κ3) is 3.86. The van der Waals surface area contributed by atoms with Crippen LogP contribution in [0, 0.1) is 5.82 Å². The van der Waals surface area contributed by atoms with E-state index in [1.165, 1.54) is 46.8 Å². The number of carbonyl (C=O) groups excluding carboxylic acids is 1. The average Bonchev–Trinajstić information content (AvgIpc) is 3.16. The fourth-order valence-electron chi connectivity index (χ4n) is 2.74. The fraction of sp³-hybridized carbons (Fsp3) is 0.211. The number of benzene rings is 2. The molecule has 3 rings (SSSR count). The van der Waals surface area contributed by atoms with Gasteiger partial charge in [0.1, 0.15) is 5.82 Å². The zero-order chi connectivity index (χ0) is 17.9. The molecule has 2 aromatic carbocycles. The molecule has 0 aromatic heterocycles. The van der Waals surface area contributed by atoms with Crippen LogP contribution >= 0.6 is 0 Å². The summed E-state index contributed by atoms with van der Waals surface area (Å²) in [6.45, 7) is 1.07. The van der Waals surface area contributed by atoms with Gasteiger partial charge >= 0.3 is 0 Å². The van der Waals surface area contributed by atoms with Crippen molar-refractivity contribution in [3.63, 3.8) is 0 Å². The van der Waals surface area contributed by atoms with Gasteiger partial charge in [0.15, 0.2) is 5.78 Å². The van der Waals surface area contributed by atoms with E-state index in [9.17, 15) is 17.6 Å². The van der Waals surface area contributed by atoms with E-state index >= 15 is 0 Å². The van der Waals surface area contributed by atoms with Gasteiger partial charge in [0.05, 0.1) is 4.90 Å². The van der Waals surface area contributed by atoms with Crippen molar-refractivity contribution in [2.45, 2.75) is 17.7 Å². The Kier molecular flexibility index (Phi) is 5.11. The number of halogens is 1. The molecule has 0 bridgehead atoms. The first-order chi connectivity index (χ1) is 12.0. The van der Waals surface area contributed by atoms with Crippen LogP contribution in [0.15, 0.2) is 59.5 Å². The standard InChI is InChI=1S/C19H18FNO3S/c20-18-6-2-1-5-15(18)9-12-19(22)16-7-10-17(11-8-16)25(23,24)21-13-3-4-14-21/h1-2,5-12H,3-4,13-14H2. The van der Waals surface area contributed by atoms with Gasteiger partial charge < -0.3 is 0 Å². The Morgan fingerprint density at radius 1 is 1.00 bits per heavy atom. The van der Waals surface area contributed by atoms with Crippen molar-refractivity contribution < 1.29 is 17.6 Å². The van der Waals surface area contributed by atoms with Crippen molar-refractivity contribution >= 4 is 21.9 Å². The summed E-state index contributed by atoms with van der Waals surface area (Å²) in [4.78, 5) is 12.4. The molecule has 0 aliphatic carbocycles. The first kappa shape index (κ1) is 17.5. The summed E-state index contributed by atoms with van der Waals surface area (Å²) in [7, 11) is -3.49. The molecule has 0 saturated carbocycles. The highest BCUT2D eigenvalue weighted by atomic mass is 32.2. The van der Waals surface area contributed by atoms with Gasteiger partial charge in [-0.05, 0) is 55.3 Å². The molecule has 0 radical (unpaired) electrons. The van der Waals surface area contributed by atoms with Crippen LogP contribution in [-0.2, 0) is 10.0 Å². The summed E-state index contributed by atoms with van der Waals surface area (Å²) in [5, 5.41) is 0. The first-order valence-corrected chi connectivity index (χ1v) is 9.50. The smallest absolute Gasteiger partial charge is 0.243 e. The van der Waals surface area contributed by atoms with Crippen LogP contribution in [0.25, 0.3) is 6.08 Å². The predicted octanol–water partition coefficient (Wildman–Crippen LogP) is 3.51. The molecule has 0 amide bonds. The van der Waals surface area contributed by atoms with E-state index in [1.807, 2.05) is 0 Å². The largest absolute Gasteiger partial charge is 0.289 e. The second-order valence-electron chi connectivity index (χ2n) is 5.85. The molecule has 6 heteroatoms. The van der Waals surface area contributed by atoms with Crippen molar-refractivity contribution in [2.24, 2.45) is 0 Å². The number of rotatable bonds is 5. The third-order valence-corrected chi connectivity index (χ3v) is 6.07. The molecule has 1 aliphatic heterocycles. The van der Waals surface area contributed by atoms with Gasteiger partial charge in [-0.3, -0.25) is 4.79 Å². The zero-order valence-corrected chi connectivity index (χ0v) is 14.4. The highest BCUT2D eigenvalue weighted by molar-refractivity contribution is 7.89. The number of ketones is 1. The topological polar surface area (TPSA) is 54.5 Å². The second-order valence-corrected chi connectivity index (χ2v) is 7.79. The maximum atomic E-state index is 13.5. The Bertz CT molecular complexity index is 899. The van der Waals surface area contributed by atoms with E-state index in [0.717, 1.165) is 12.8 Å². The van der Waals surface area contributed by atoms with Gasteiger partial charge in [0, 0.05) is 24.2 Å². The van der Waals surface area contributed by atoms with Crippen LogP contribution in [0.4, 0.5) is 4.39 Å². The summed E-state index contributed by atoms with van der Waals surface area (Å²) >= 11 is 0. The van der Waals surface area contributed by atoms with Crippen molar-refractivity contribution in [3.8, 4) is 0 Å². The lowest BCUT2D eigenvalue weighted by Gasteiger charge is -2.15. The quantitative estimate of drug-likeness (QED) is 0.606. The molecule has 1 saturated heterocycles. The highest BCUT2D eigenvalue weighted by Crippen LogP contribution is 2.21. The van der Waals surface area contributed by atoms with E-state index in [-0.39, 0.29) is 10.7 Å². The number of hydrogen-bond acceptors (Lipinski definition) is 3. The third-order valence-electron chi connectivity index (χ3n) is 4.16. The molecule has 0 unspecified atom stereocenters. The minimum Gasteiger partial charge on any atom is -0.289 e. The number of sulfonamides is 1. The van der Waals surface area contributed by atoms with Crippen LogP contribution in [-0.4, -0.2) is 31.6 Å². The Balaban J connectivity index is 1.76. The number of hydrogen-bond donors (Lipinski definition) is 0. The van der Waals surface area contributed by atoms with Gasteiger partial charge in [-0.2, -0.15) is 4.31 Å². The van der Waals surface area contributed by atoms with E-state index in [1.54, 1.807) is 18.2 Å². The summed E-state index contributed by atoms with van der Waals surface area (Å²) in [5.74, 6) is -0.716. The summed E-state index contributed by atoms with van der Waals surface area (Å²) in [6, 6.07) is 12.0. The molecule has 2 aromatic rings. The van der Waals surface area contributed by atoms with E-state index in [4.69, 9.17) is 0 Å². The number of nitrogens with zero attached hydrogens (tertiary/aromatic N) is 1. The molecule has 130 valence electrons. The lowest BCUT2D eigenvalue weighted by Crippen LogP contribution is -2.27. The fourth-order valence-corrected chi connectivity index (χ4v) is 4.26. The van der Waals surface area contributed by atoms with Gasteiger partial charge in [-0.15, -0.1) is 0 Å². The van der Waals surface area contributed by atoms with Crippen LogP contribution in [0.1, 0.15) is 28.8 Å². The van der Waals surface area contributed by atoms with Crippen LogP contribution in [0.5, 0.6) is 0 Å². The molecule has 4 nitrogen and oxygen atoms in total. The van der Waals surface area contributed by atoms with E-state index < -0.39 is 15.8 Å². The van der Waals surface area contributed by atoms with Gasteiger partial charge in [0.25, 0.3) is 0 Å². The summed E-state index contributed by atoms with van der Waals surface area (Å²) in [5.41, 5.74) is 0.678. The maximum Gasteiger partial charge on any atom is 0.243 e. The van der Waals surface area contributed by atoms with Crippen molar-refractivity contribution in [2.75, 3.05) is 13.1 Å². The predicted molar refractivity (Wildman–Crippen MR) is 94.2 cm³/mol. The van der Waals surface area contributed by atoms with E-state index in [0.29, 0.717) is 24.2 Å². The first-order valence-electron chi connectivity index (χ1n) is 8.05. The van der Waals surface area contributed by atoms with Crippen LogP contribution in [0.3, 0.4) is 0 Å². The minimum atomic E-state index is -3.49. The van der Waals surface area contributed by atoms with Crippen molar-refractivity contribution in [1.82, 2.24) is 4.31 Å². The minimum absolute atomic E-state index is 0.184. The Labute approximate surface area is 146 Å².